The monoisotopic (exact) mass is 492 g/mol. The van der Waals surface area contributed by atoms with Crippen LogP contribution in [-0.2, 0) is 11.3 Å². The number of halogens is 1. The molecule has 6 rings (SSSR count). The number of nitrogens with one attached hydrogen (secondary N) is 2. The van der Waals surface area contributed by atoms with Crippen molar-refractivity contribution >= 4 is 23.0 Å². The molecule has 0 saturated carbocycles. The van der Waals surface area contributed by atoms with Crippen LogP contribution in [0.15, 0.2) is 84.2 Å². The maximum Gasteiger partial charge on any atom is 0.274 e. The van der Waals surface area contributed by atoms with Crippen LogP contribution in [0, 0.1) is 5.82 Å². The summed E-state index contributed by atoms with van der Waals surface area (Å²) in [6, 6.07) is 17.9. The highest BCUT2D eigenvalue weighted by Gasteiger charge is 2.22. The van der Waals surface area contributed by atoms with Gasteiger partial charge in [-0.25, -0.2) is 4.39 Å². The summed E-state index contributed by atoms with van der Waals surface area (Å²) in [4.78, 5) is 29.0. The van der Waals surface area contributed by atoms with E-state index in [1.54, 1.807) is 30.5 Å². The summed E-state index contributed by atoms with van der Waals surface area (Å²) >= 11 is 0. The van der Waals surface area contributed by atoms with Gasteiger partial charge in [-0.1, -0.05) is 6.07 Å². The smallest absolute Gasteiger partial charge is 0.274 e. The number of anilines is 2. The number of carbonyl (C=O) groups excluding carboxylic acids is 1. The molecular formula is C29H25FN6O. The van der Waals surface area contributed by atoms with Crippen LogP contribution in [0.4, 0.5) is 15.8 Å². The fraction of sp³-hybridized carbons (Fsp3) is 0.172. The molecular weight excluding hydrogens is 467 g/mol. The Morgan fingerprint density at radius 2 is 1.78 bits per heavy atom. The Labute approximate surface area is 214 Å². The molecule has 0 radical (unpaired) electrons. The second-order valence-corrected chi connectivity index (χ2v) is 9.21. The van der Waals surface area contributed by atoms with Gasteiger partial charge in [0, 0.05) is 41.3 Å². The average molecular weight is 493 g/mol. The third-order valence-electron chi connectivity index (χ3n) is 6.64. The van der Waals surface area contributed by atoms with Crippen molar-refractivity contribution in [3.63, 3.8) is 0 Å². The van der Waals surface area contributed by atoms with Gasteiger partial charge < -0.3 is 10.6 Å². The Morgan fingerprint density at radius 1 is 0.946 bits per heavy atom. The third kappa shape index (κ3) is 4.96. The van der Waals surface area contributed by atoms with Crippen molar-refractivity contribution in [1.29, 1.82) is 0 Å². The number of rotatable bonds is 6. The largest absolute Gasteiger partial charge is 0.366 e. The fourth-order valence-corrected chi connectivity index (χ4v) is 4.54. The molecule has 0 unspecified atom stereocenters. The lowest BCUT2D eigenvalue weighted by Gasteiger charge is -2.30. The molecule has 184 valence electrons. The van der Waals surface area contributed by atoms with Crippen LogP contribution in [0.25, 0.3) is 22.4 Å². The summed E-state index contributed by atoms with van der Waals surface area (Å²) in [7, 11) is 0. The quantitative estimate of drug-likeness (QED) is 0.397. The Bertz CT molecular complexity index is 1480. The van der Waals surface area contributed by atoms with Gasteiger partial charge in [-0.05, 0) is 85.2 Å². The van der Waals surface area contributed by atoms with Gasteiger partial charge in [0.25, 0.3) is 5.91 Å². The number of pyridine rings is 2. The summed E-state index contributed by atoms with van der Waals surface area (Å²) in [5.41, 5.74) is 7.17. The predicted octanol–water partition coefficient (Wildman–Crippen LogP) is 4.97. The lowest BCUT2D eigenvalue weighted by molar-refractivity contribution is -0.110. The molecule has 4 aromatic rings. The molecule has 0 atom stereocenters. The van der Waals surface area contributed by atoms with Crippen LogP contribution in [0.5, 0.6) is 0 Å². The molecule has 2 N–H and O–H groups in total. The number of nitrogens with zero attached hydrogens (tertiary/aromatic N) is 4. The lowest BCUT2D eigenvalue weighted by atomic mass is 9.98. The molecule has 0 bridgehead atoms. The maximum absolute atomic E-state index is 13.2. The summed E-state index contributed by atoms with van der Waals surface area (Å²) in [6.45, 7) is 3.49. The van der Waals surface area contributed by atoms with Crippen LogP contribution < -0.4 is 10.6 Å². The normalized spacial score (nSPS) is 14.7. The van der Waals surface area contributed by atoms with Crippen LogP contribution in [0.2, 0.25) is 0 Å². The number of fused-ring (bicyclic) bond motifs is 1. The Kier molecular flexibility index (Phi) is 6.16. The van der Waals surface area contributed by atoms with E-state index in [0.717, 1.165) is 47.6 Å². The van der Waals surface area contributed by atoms with Gasteiger partial charge in [0.15, 0.2) is 0 Å². The van der Waals surface area contributed by atoms with Crippen LogP contribution in [0.1, 0.15) is 17.5 Å². The van der Waals surface area contributed by atoms with Gasteiger partial charge in [0.05, 0.1) is 17.6 Å². The van der Waals surface area contributed by atoms with Crippen LogP contribution in [0.3, 0.4) is 0 Å². The first kappa shape index (κ1) is 23.0. The number of hydrogen-bond donors (Lipinski definition) is 2. The van der Waals surface area contributed by atoms with E-state index >= 15 is 0 Å². The summed E-state index contributed by atoms with van der Waals surface area (Å²) in [5.74, 6) is -0.602. The number of aliphatic imine (C=N–C) groups is 1. The van der Waals surface area contributed by atoms with Crippen molar-refractivity contribution in [3.05, 3.63) is 96.2 Å². The highest BCUT2D eigenvalue weighted by molar-refractivity contribution is 6.50. The minimum absolute atomic E-state index is 0.297. The minimum Gasteiger partial charge on any atom is -0.366 e. The van der Waals surface area contributed by atoms with Crippen LogP contribution >= 0.6 is 0 Å². The standard InChI is InChI=1S/C29H25FN6O/c30-23-5-2-20(3-6-23)26-9-7-24(16-32-26)35-29(37)28-25-13-21(4-8-27(25)33-18-34-28)22-12-19(14-31-15-22)17-36-10-1-11-36/h2-9,12-16,33H,1,10-11,17-18H2,(H,35,37). The molecule has 1 fully saturated rings. The number of benzene rings is 2. The Balaban J connectivity index is 1.21. The zero-order valence-corrected chi connectivity index (χ0v) is 20.1. The Hall–Kier alpha value is -4.43. The molecule has 1 saturated heterocycles. The van der Waals surface area contributed by atoms with Crippen molar-refractivity contribution in [2.24, 2.45) is 4.99 Å². The van der Waals surface area contributed by atoms with E-state index in [2.05, 4.69) is 36.6 Å². The lowest BCUT2D eigenvalue weighted by Crippen LogP contribution is -2.36. The molecule has 2 aromatic carbocycles. The minimum atomic E-state index is -0.305. The van der Waals surface area contributed by atoms with Gasteiger partial charge in [-0.15, -0.1) is 0 Å². The van der Waals surface area contributed by atoms with E-state index in [1.165, 1.54) is 24.1 Å². The van der Waals surface area contributed by atoms with Crippen molar-refractivity contribution in [2.45, 2.75) is 13.0 Å². The maximum atomic E-state index is 13.2. The van der Waals surface area contributed by atoms with Gasteiger partial charge in [-0.2, -0.15) is 0 Å². The molecule has 0 aliphatic carbocycles. The van der Waals surface area contributed by atoms with Crippen LogP contribution in [-0.4, -0.2) is 46.2 Å². The van der Waals surface area contributed by atoms with E-state index in [-0.39, 0.29) is 11.7 Å². The zero-order valence-electron chi connectivity index (χ0n) is 20.1. The molecule has 4 heterocycles. The first-order valence-corrected chi connectivity index (χ1v) is 12.3. The van der Waals surface area contributed by atoms with Gasteiger partial charge >= 0.3 is 0 Å². The summed E-state index contributed by atoms with van der Waals surface area (Å²) in [5, 5.41) is 6.15. The highest BCUT2D eigenvalue weighted by Crippen LogP contribution is 2.29. The first-order chi connectivity index (χ1) is 18.1. The van der Waals surface area contributed by atoms with Crippen molar-refractivity contribution in [3.8, 4) is 22.4 Å². The molecule has 2 aromatic heterocycles. The van der Waals surface area contributed by atoms with Crippen molar-refractivity contribution < 1.29 is 9.18 Å². The first-order valence-electron chi connectivity index (χ1n) is 12.3. The van der Waals surface area contributed by atoms with Crippen molar-refractivity contribution in [1.82, 2.24) is 14.9 Å². The predicted molar refractivity (Wildman–Crippen MR) is 143 cm³/mol. The van der Waals surface area contributed by atoms with Gasteiger partial charge in [-0.3, -0.25) is 24.7 Å². The van der Waals surface area contributed by atoms with E-state index in [1.807, 2.05) is 30.6 Å². The second-order valence-electron chi connectivity index (χ2n) is 9.21. The van der Waals surface area contributed by atoms with Crippen molar-refractivity contribution in [2.75, 3.05) is 30.4 Å². The third-order valence-corrected chi connectivity index (χ3v) is 6.64. The van der Waals surface area contributed by atoms with E-state index in [0.29, 0.717) is 23.8 Å². The zero-order chi connectivity index (χ0) is 25.2. The topological polar surface area (TPSA) is 82.5 Å². The fourth-order valence-electron chi connectivity index (χ4n) is 4.54. The van der Waals surface area contributed by atoms with Gasteiger partial charge in [0.2, 0.25) is 0 Å². The molecule has 1 amide bonds. The molecule has 8 heteroatoms. The Morgan fingerprint density at radius 3 is 2.54 bits per heavy atom. The average Bonchev–Trinajstić information content (AvgIpc) is 2.91. The second kappa shape index (κ2) is 9.91. The SMILES string of the molecule is O=C(Nc1ccc(-c2ccc(F)cc2)nc1)C1=NCNc2ccc(-c3cncc(CN4CCC4)c3)cc21. The molecule has 2 aliphatic rings. The number of amides is 1. The number of aromatic nitrogens is 2. The summed E-state index contributed by atoms with van der Waals surface area (Å²) in [6.07, 6.45) is 6.61. The van der Waals surface area contributed by atoms with E-state index in [4.69, 9.17) is 0 Å². The number of likely N-dealkylation sites (tertiary alicyclic amines) is 1. The number of hydrogen-bond acceptors (Lipinski definition) is 6. The molecule has 0 spiro atoms. The highest BCUT2D eigenvalue weighted by atomic mass is 19.1. The molecule has 2 aliphatic heterocycles. The molecule has 37 heavy (non-hydrogen) atoms. The van der Waals surface area contributed by atoms with E-state index < -0.39 is 0 Å². The van der Waals surface area contributed by atoms with Gasteiger partial charge in [0.1, 0.15) is 18.2 Å². The molecule has 7 nitrogen and oxygen atoms in total. The summed E-state index contributed by atoms with van der Waals surface area (Å²) < 4.78 is 13.2. The number of carbonyl (C=O) groups is 1. The van der Waals surface area contributed by atoms with E-state index in [9.17, 15) is 9.18 Å².